The van der Waals surface area contributed by atoms with Gasteiger partial charge in [-0.05, 0) is 19.1 Å². The molecule has 0 bridgehead atoms. The second-order valence-corrected chi connectivity index (χ2v) is 3.07. The zero-order valence-corrected chi connectivity index (χ0v) is 8.23. The summed E-state index contributed by atoms with van der Waals surface area (Å²) in [7, 11) is 0. The van der Waals surface area contributed by atoms with Crippen LogP contribution in [0.25, 0.3) is 11.4 Å². The summed E-state index contributed by atoms with van der Waals surface area (Å²) in [6.07, 6.45) is 1.67. The molecule has 0 aliphatic heterocycles. The smallest absolute Gasteiger partial charge is 0.160 e. The predicted octanol–water partition coefficient (Wildman–Crippen LogP) is 1.90. The fourth-order valence-electron chi connectivity index (χ4n) is 1.04. The molecule has 0 N–H and O–H groups in total. The normalized spacial score (nSPS) is 10.1. The molecule has 5 heteroatoms. The van der Waals surface area contributed by atoms with Crippen LogP contribution in [0, 0.1) is 6.92 Å². The molecule has 2 aromatic heterocycles. The number of hydrogen-bond acceptors (Lipinski definition) is 4. The highest BCUT2D eigenvalue weighted by molar-refractivity contribution is 6.31. The minimum atomic E-state index is 0.330. The highest BCUT2D eigenvalue weighted by Crippen LogP contribution is 2.20. The largest absolute Gasteiger partial charge is 0.254 e. The Kier molecular flexibility index (Phi) is 2.37. The lowest BCUT2D eigenvalue weighted by Crippen LogP contribution is -1.96. The third-order valence-electron chi connectivity index (χ3n) is 1.66. The quantitative estimate of drug-likeness (QED) is 0.715. The first kappa shape index (κ1) is 9.02. The maximum atomic E-state index is 5.91. The van der Waals surface area contributed by atoms with Gasteiger partial charge in [0.2, 0.25) is 0 Å². The van der Waals surface area contributed by atoms with E-state index in [1.165, 1.54) is 0 Å². The van der Waals surface area contributed by atoms with Gasteiger partial charge in [0.05, 0.1) is 5.69 Å². The number of halogens is 1. The Hall–Kier alpha value is -1.55. The van der Waals surface area contributed by atoms with E-state index in [1.807, 2.05) is 18.2 Å². The van der Waals surface area contributed by atoms with E-state index in [2.05, 4.69) is 20.2 Å². The van der Waals surface area contributed by atoms with Gasteiger partial charge in [0.25, 0.3) is 0 Å². The van der Waals surface area contributed by atoms with Gasteiger partial charge in [-0.1, -0.05) is 17.7 Å². The maximum absolute atomic E-state index is 5.91. The summed E-state index contributed by atoms with van der Waals surface area (Å²) in [6, 6.07) is 5.50. The maximum Gasteiger partial charge on any atom is 0.160 e. The van der Waals surface area contributed by atoms with E-state index in [9.17, 15) is 0 Å². The van der Waals surface area contributed by atoms with Crippen LogP contribution in [-0.2, 0) is 0 Å². The van der Waals surface area contributed by atoms with Gasteiger partial charge in [-0.25, -0.2) is 4.98 Å². The van der Waals surface area contributed by atoms with Crippen molar-refractivity contribution in [1.82, 2.24) is 20.2 Å². The molecule has 0 aromatic carbocycles. The number of pyridine rings is 1. The van der Waals surface area contributed by atoms with Crippen molar-refractivity contribution in [3.63, 3.8) is 0 Å². The Morgan fingerprint density at radius 1 is 1.21 bits per heavy atom. The van der Waals surface area contributed by atoms with Gasteiger partial charge >= 0.3 is 0 Å². The topological polar surface area (TPSA) is 51.6 Å². The highest BCUT2D eigenvalue weighted by Gasteiger charge is 2.07. The molecule has 0 spiro atoms. The minimum Gasteiger partial charge on any atom is -0.254 e. The SMILES string of the molecule is Cc1nnc(-c2ccccn2)c(Cl)n1. The molecule has 0 unspecified atom stereocenters. The zero-order chi connectivity index (χ0) is 9.97. The molecule has 2 aromatic rings. The second kappa shape index (κ2) is 3.67. The first-order valence-corrected chi connectivity index (χ1v) is 4.43. The molecule has 0 fully saturated rings. The zero-order valence-electron chi connectivity index (χ0n) is 7.48. The van der Waals surface area contributed by atoms with Crippen LogP contribution in [0.3, 0.4) is 0 Å². The van der Waals surface area contributed by atoms with Crippen molar-refractivity contribution in [2.45, 2.75) is 6.92 Å². The number of nitrogens with zero attached hydrogens (tertiary/aromatic N) is 4. The molecule has 0 aliphatic carbocycles. The third kappa shape index (κ3) is 1.70. The van der Waals surface area contributed by atoms with Crippen LogP contribution in [-0.4, -0.2) is 20.2 Å². The molecule has 2 rings (SSSR count). The van der Waals surface area contributed by atoms with E-state index < -0.39 is 0 Å². The standard InChI is InChI=1S/C9H7ClN4/c1-6-12-9(10)8(14-13-6)7-4-2-3-5-11-7/h2-5H,1H3. The fraction of sp³-hybridized carbons (Fsp3) is 0.111. The molecular formula is C9H7ClN4. The lowest BCUT2D eigenvalue weighted by atomic mass is 10.3. The van der Waals surface area contributed by atoms with E-state index in [4.69, 9.17) is 11.6 Å². The van der Waals surface area contributed by atoms with Gasteiger partial charge in [0.1, 0.15) is 11.5 Å². The molecule has 4 nitrogen and oxygen atoms in total. The van der Waals surface area contributed by atoms with Crippen molar-refractivity contribution < 1.29 is 0 Å². The van der Waals surface area contributed by atoms with Crippen molar-refractivity contribution in [3.8, 4) is 11.4 Å². The van der Waals surface area contributed by atoms with Gasteiger partial charge in [-0.3, -0.25) is 4.98 Å². The number of aromatic nitrogens is 4. The van der Waals surface area contributed by atoms with E-state index in [0.717, 1.165) is 0 Å². The predicted molar refractivity (Wildman–Crippen MR) is 52.8 cm³/mol. The van der Waals surface area contributed by atoms with E-state index in [0.29, 0.717) is 22.4 Å². The third-order valence-corrected chi connectivity index (χ3v) is 1.92. The van der Waals surface area contributed by atoms with Crippen LogP contribution >= 0.6 is 11.6 Å². The van der Waals surface area contributed by atoms with E-state index in [-0.39, 0.29) is 0 Å². The van der Waals surface area contributed by atoms with Gasteiger partial charge < -0.3 is 0 Å². The lowest BCUT2D eigenvalue weighted by molar-refractivity contribution is 0.910. The Labute approximate surface area is 86.0 Å². The number of hydrogen-bond donors (Lipinski definition) is 0. The Bertz CT molecular complexity index is 444. The van der Waals surface area contributed by atoms with Crippen LogP contribution in [0.4, 0.5) is 0 Å². The van der Waals surface area contributed by atoms with Crippen LogP contribution < -0.4 is 0 Å². The summed E-state index contributed by atoms with van der Waals surface area (Å²) in [5.41, 5.74) is 1.19. The van der Waals surface area contributed by atoms with Crippen LogP contribution in [0.15, 0.2) is 24.4 Å². The molecule has 14 heavy (non-hydrogen) atoms. The lowest BCUT2D eigenvalue weighted by Gasteiger charge is -2.00. The monoisotopic (exact) mass is 206 g/mol. The second-order valence-electron chi connectivity index (χ2n) is 2.71. The van der Waals surface area contributed by atoms with Gasteiger partial charge in [-0.2, -0.15) is 0 Å². The average molecular weight is 207 g/mol. The summed E-state index contributed by atoms with van der Waals surface area (Å²) in [4.78, 5) is 8.11. The number of rotatable bonds is 1. The van der Waals surface area contributed by atoms with Crippen molar-refractivity contribution in [2.75, 3.05) is 0 Å². The summed E-state index contributed by atoms with van der Waals surface area (Å²) in [5, 5.41) is 8.10. The summed E-state index contributed by atoms with van der Waals surface area (Å²) in [5.74, 6) is 0.551. The Balaban J connectivity index is 2.53. The van der Waals surface area contributed by atoms with Gasteiger partial charge in [0, 0.05) is 6.20 Å². The van der Waals surface area contributed by atoms with Crippen LogP contribution in [0.5, 0.6) is 0 Å². The van der Waals surface area contributed by atoms with Crippen molar-refractivity contribution in [3.05, 3.63) is 35.4 Å². The summed E-state index contributed by atoms with van der Waals surface area (Å²) < 4.78 is 0. The van der Waals surface area contributed by atoms with Crippen molar-refractivity contribution in [2.24, 2.45) is 0 Å². The summed E-state index contributed by atoms with van der Waals surface area (Å²) >= 11 is 5.91. The molecule has 0 radical (unpaired) electrons. The summed E-state index contributed by atoms with van der Waals surface area (Å²) in [6.45, 7) is 1.74. The van der Waals surface area contributed by atoms with Crippen molar-refractivity contribution in [1.29, 1.82) is 0 Å². The number of aryl methyl sites for hydroxylation is 1. The Morgan fingerprint density at radius 2 is 2.07 bits per heavy atom. The van der Waals surface area contributed by atoms with E-state index in [1.54, 1.807) is 13.1 Å². The molecule has 0 atom stereocenters. The highest BCUT2D eigenvalue weighted by atomic mass is 35.5. The van der Waals surface area contributed by atoms with Crippen LogP contribution in [0.1, 0.15) is 5.82 Å². The fourth-order valence-corrected chi connectivity index (χ4v) is 1.30. The Morgan fingerprint density at radius 3 is 2.71 bits per heavy atom. The molecule has 0 saturated heterocycles. The van der Waals surface area contributed by atoms with Gasteiger partial charge in [0.15, 0.2) is 5.15 Å². The first-order chi connectivity index (χ1) is 6.77. The van der Waals surface area contributed by atoms with Crippen LogP contribution in [0.2, 0.25) is 5.15 Å². The average Bonchev–Trinajstić information content (AvgIpc) is 2.19. The molecule has 0 amide bonds. The molecular weight excluding hydrogens is 200 g/mol. The van der Waals surface area contributed by atoms with E-state index >= 15 is 0 Å². The van der Waals surface area contributed by atoms with Gasteiger partial charge in [-0.15, -0.1) is 10.2 Å². The molecule has 70 valence electrons. The molecule has 0 aliphatic rings. The van der Waals surface area contributed by atoms with Crippen molar-refractivity contribution >= 4 is 11.6 Å². The minimum absolute atomic E-state index is 0.330. The molecule has 2 heterocycles. The first-order valence-electron chi connectivity index (χ1n) is 4.05. The molecule has 0 saturated carbocycles.